The van der Waals surface area contributed by atoms with E-state index < -0.39 is 0 Å². The summed E-state index contributed by atoms with van der Waals surface area (Å²) in [6, 6.07) is 3.51. The molecule has 1 heterocycles. The number of hydrogen-bond acceptors (Lipinski definition) is 4. The molecule has 1 aromatic heterocycles. The van der Waals surface area contributed by atoms with Crippen LogP contribution in [0.5, 0.6) is 0 Å². The van der Waals surface area contributed by atoms with Crippen molar-refractivity contribution in [3.05, 3.63) is 23.4 Å². The van der Waals surface area contributed by atoms with Crippen molar-refractivity contribution in [2.45, 2.75) is 38.6 Å². The minimum atomic E-state index is -0.313. The van der Waals surface area contributed by atoms with Crippen LogP contribution in [0, 0.1) is 0 Å². The molecule has 20 heavy (non-hydrogen) atoms. The quantitative estimate of drug-likeness (QED) is 0.741. The summed E-state index contributed by atoms with van der Waals surface area (Å²) in [5, 5.41) is 5.40. The summed E-state index contributed by atoms with van der Waals surface area (Å²) in [7, 11) is 0. The largest absolute Gasteiger partial charge is 0.384 e. The Morgan fingerprint density at radius 2 is 2.10 bits per heavy atom. The van der Waals surface area contributed by atoms with Crippen LogP contribution in [-0.2, 0) is 4.79 Å². The first kappa shape index (κ1) is 14.3. The second-order valence-corrected chi connectivity index (χ2v) is 5.38. The van der Waals surface area contributed by atoms with Crippen LogP contribution in [0.1, 0.15) is 48.7 Å². The molecule has 0 atom stereocenters. The standard InChI is InChI=1S/C14H20N4O2/c1-8(2)11-5-9(6-12(15)18-11)14(20)16-7-13(19)17-10-3-4-10/h5-6,8,10H,3-4,7H2,1-2H3,(H2,15,18)(H,16,20)(H,17,19). The van der Waals surface area contributed by atoms with Crippen LogP contribution in [-0.4, -0.2) is 29.4 Å². The van der Waals surface area contributed by atoms with E-state index in [-0.39, 0.29) is 24.3 Å². The van der Waals surface area contributed by atoms with Crippen LogP contribution >= 0.6 is 0 Å². The summed E-state index contributed by atoms with van der Waals surface area (Å²) in [6.45, 7) is 3.94. The first-order chi connectivity index (χ1) is 9.45. The van der Waals surface area contributed by atoms with Crippen molar-refractivity contribution in [1.29, 1.82) is 0 Å². The molecule has 1 aromatic rings. The predicted octanol–water partition coefficient (Wildman–Crippen LogP) is 0.796. The number of nitrogens with one attached hydrogen (secondary N) is 2. The van der Waals surface area contributed by atoms with Crippen molar-refractivity contribution >= 4 is 17.6 Å². The van der Waals surface area contributed by atoms with Gasteiger partial charge in [0.25, 0.3) is 5.91 Å². The van der Waals surface area contributed by atoms with Crippen LogP contribution in [0.2, 0.25) is 0 Å². The van der Waals surface area contributed by atoms with E-state index in [1.165, 1.54) is 6.07 Å². The zero-order chi connectivity index (χ0) is 14.7. The molecular formula is C14H20N4O2. The summed E-state index contributed by atoms with van der Waals surface area (Å²) >= 11 is 0. The van der Waals surface area contributed by atoms with Gasteiger partial charge < -0.3 is 16.4 Å². The number of aromatic nitrogens is 1. The van der Waals surface area contributed by atoms with Gasteiger partial charge in [-0.25, -0.2) is 4.98 Å². The molecule has 0 spiro atoms. The van der Waals surface area contributed by atoms with Crippen molar-refractivity contribution in [2.75, 3.05) is 12.3 Å². The lowest BCUT2D eigenvalue weighted by molar-refractivity contribution is -0.120. The fraction of sp³-hybridized carbons (Fsp3) is 0.500. The second-order valence-electron chi connectivity index (χ2n) is 5.38. The maximum Gasteiger partial charge on any atom is 0.251 e. The van der Waals surface area contributed by atoms with E-state index in [9.17, 15) is 9.59 Å². The van der Waals surface area contributed by atoms with Gasteiger partial charge in [-0.2, -0.15) is 0 Å². The Bertz CT molecular complexity index is 524. The van der Waals surface area contributed by atoms with E-state index in [1.807, 2.05) is 13.8 Å². The van der Waals surface area contributed by atoms with E-state index in [2.05, 4.69) is 15.6 Å². The van der Waals surface area contributed by atoms with Gasteiger partial charge in [-0.1, -0.05) is 13.8 Å². The number of amides is 2. The molecule has 108 valence electrons. The van der Waals surface area contributed by atoms with Crippen LogP contribution in [0.4, 0.5) is 5.82 Å². The highest BCUT2D eigenvalue weighted by Crippen LogP contribution is 2.18. The number of nitrogens with two attached hydrogens (primary N) is 1. The average Bonchev–Trinajstić information content (AvgIpc) is 3.19. The van der Waals surface area contributed by atoms with Crippen LogP contribution in [0.15, 0.2) is 12.1 Å². The molecule has 6 nitrogen and oxygen atoms in total. The first-order valence-electron chi connectivity index (χ1n) is 6.80. The molecule has 6 heteroatoms. The van der Waals surface area contributed by atoms with Crippen molar-refractivity contribution in [1.82, 2.24) is 15.6 Å². The Labute approximate surface area is 118 Å². The average molecular weight is 276 g/mol. The van der Waals surface area contributed by atoms with Gasteiger partial charge in [-0.05, 0) is 30.9 Å². The van der Waals surface area contributed by atoms with Crippen molar-refractivity contribution in [3.63, 3.8) is 0 Å². The van der Waals surface area contributed by atoms with Gasteiger partial charge in [-0.15, -0.1) is 0 Å². The zero-order valence-corrected chi connectivity index (χ0v) is 11.8. The number of pyridine rings is 1. The van der Waals surface area contributed by atoms with Gasteiger partial charge in [0, 0.05) is 17.3 Å². The number of carbonyl (C=O) groups excluding carboxylic acids is 2. The Balaban J connectivity index is 1.95. The lowest BCUT2D eigenvalue weighted by Gasteiger charge is -2.10. The minimum Gasteiger partial charge on any atom is -0.384 e. The lowest BCUT2D eigenvalue weighted by Crippen LogP contribution is -2.37. The molecular weight excluding hydrogens is 256 g/mol. The van der Waals surface area contributed by atoms with Gasteiger partial charge in [0.05, 0.1) is 6.54 Å². The van der Waals surface area contributed by atoms with Gasteiger partial charge in [0.2, 0.25) is 5.91 Å². The molecule has 2 amide bonds. The SMILES string of the molecule is CC(C)c1cc(C(=O)NCC(=O)NC2CC2)cc(N)n1. The Kier molecular flexibility index (Phi) is 4.22. The summed E-state index contributed by atoms with van der Waals surface area (Å²) < 4.78 is 0. The highest BCUT2D eigenvalue weighted by Gasteiger charge is 2.23. The Hall–Kier alpha value is -2.11. The molecule has 0 unspecified atom stereocenters. The number of nitrogens with zero attached hydrogens (tertiary/aromatic N) is 1. The topological polar surface area (TPSA) is 97.1 Å². The molecule has 2 rings (SSSR count). The maximum absolute atomic E-state index is 12.0. The molecule has 0 bridgehead atoms. The van der Waals surface area contributed by atoms with Crippen LogP contribution < -0.4 is 16.4 Å². The normalized spacial score (nSPS) is 14.2. The highest BCUT2D eigenvalue weighted by molar-refractivity contribution is 5.97. The molecule has 0 saturated heterocycles. The van der Waals surface area contributed by atoms with E-state index in [4.69, 9.17) is 5.73 Å². The molecule has 1 aliphatic rings. The Morgan fingerprint density at radius 1 is 1.40 bits per heavy atom. The molecule has 4 N–H and O–H groups in total. The van der Waals surface area contributed by atoms with Crippen LogP contribution in [0.25, 0.3) is 0 Å². The van der Waals surface area contributed by atoms with E-state index in [0.29, 0.717) is 17.4 Å². The molecule has 0 radical (unpaired) electrons. The summed E-state index contributed by atoms with van der Waals surface area (Å²) in [5.41, 5.74) is 6.89. The third kappa shape index (κ3) is 3.94. The number of nitrogen functional groups attached to an aromatic ring is 1. The van der Waals surface area contributed by atoms with Crippen molar-refractivity contribution in [3.8, 4) is 0 Å². The first-order valence-corrected chi connectivity index (χ1v) is 6.80. The van der Waals surface area contributed by atoms with Gasteiger partial charge in [0.1, 0.15) is 5.82 Å². The second kappa shape index (κ2) is 5.90. The smallest absolute Gasteiger partial charge is 0.251 e. The number of rotatable bonds is 5. The fourth-order valence-electron chi connectivity index (χ4n) is 1.77. The predicted molar refractivity (Wildman–Crippen MR) is 76.2 cm³/mol. The highest BCUT2D eigenvalue weighted by atomic mass is 16.2. The number of hydrogen-bond donors (Lipinski definition) is 3. The monoisotopic (exact) mass is 276 g/mol. The molecule has 0 aromatic carbocycles. The third-order valence-corrected chi connectivity index (χ3v) is 3.07. The third-order valence-electron chi connectivity index (χ3n) is 3.07. The Morgan fingerprint density at radius 3 is 2.70 bits per heavy atom. The summed E-state index contributed by atoms with van der Waals surface area (Å²) in [4.78, 5) is 27.7. The van der Waals surface area contributed by atoms with E-state index in [1.54, 1.807) is 6.07 Å². The minimum absolute atomic E-state index is 0.0193. The zero-order valence-electron chi connectivity index (χ0n) is 11.8. The van der Waals surface area contributed by atoms with Crippen molar-refractivity contribution < 1.29 is 9.59 Å². The molecule has 1 saturated carbocycles. The molecule has 1 fully saturated rings. The van der Waals surface area contributed by atoms with Gasteiger partial charge in [-0.3, -0.25) is 9.59 Å². The van der Waals surface area contributed by atoms with Gasteiger partial charge >= 0.3 is 0 Å². The fourth-order valence-corrected chi connectivity index (χ4v) is 1.77. The van der Waals surface area contributed by atoms with E-state index >= 15 is 0 Å². The maximum atomic E-state index is 12.0. The van der Waals surface area contributed by atoms with Crippen LogP contribution in [0.3, 0.4) is 0 Å². The molecule has 1 aliphatic carbocycles. The number of anilines is 1. The summed E-state index contributed by atoms with van der Waals surface area (Å²) in [6.07, 6.45) is 2.05. The molecule has 0 aliphatic heterocycles. The lowest BCUT2D eigenvalue weighted by atomic mass is 10.1. The number of carbonyl (C=O) groups is 2. The van der Waals surface area contributed by atoms with E-state index in [0.717, 1.165) is 18.5 Å². The van der Waals surface area contributed by atoms with Crippen molar-refractivity contribution in [2.24, 2.45) is 0 Å². The van der Waals surface area contributed by atoms with Gasteiger partial charge in [0.15, 0.2) is 0 Å². The summed E-state index contributed by atoms with van der Waals surface area (Å²) in [5.74, 6) is 0.0194.